The van der Waals surface area contributed by atoms with Crippen molar-refractivity contribution in [1.29, 1.82) is 0 Å². The molecule has 1 aliphatic heterocycles. The van der Waals surface area contributed by atoms with Crippen molar-refractivity contribution < 1.29 is 0 Å². The van der Waals surface area contributed by atoms with Crippen molar-refractivity contribution in [3.8, 4) is 0 Å². The summed E-state index contributed by atoms with van der Waals surface area (Å²) in [5.41, 5.74) is 8.36. The summed E-state index contributed by atoms with van der Waals surface area (Å²) in [6.45, 7) is 6.88. The zero-order valence-electron chi connectivity index (χ0n) is 13.0. The number of hydrogen-bond donors (Lipinski definition) is 1. The van der Waals surface area contributed by atoms with Gasteiger partial charge in [0.15, 0.2) is 0 Å². The number of pyridine rings is 1. The predicted molar refractivity (Wildman–Crippen MR) is 84.7 cm³/mol. The molecule has 0 atom stereocenters. The molecule has 112 valence electrons. The van der Waals surface area contributed by atoms with Crippen LogP contribution in [-0.4, -0.2) is 24.7 Å². The highest BCUT2D eigenvalue weighted by Gasteiger charge is 2.21. The van der Waals surface area contributed by atoms with Gasteiger partial charge in [0.05, 0.1) is 0 Å². The SMILES string of the molecule is CC(C)c1cc(=O)n2c(c1CCCN)N(C)CCCC2. The first kappa shape index (κ1) is 15.1. The molecular formula is C16H27N3O. The first-order valence-electron chi connectivity index (χ1n) is 7.74. The van der Waals surface area contributed by atoms with Gasteiger partial charge in [-0.1, -0.05) is 13.8 Å². The minimum absolute atomic E-state index is 0.147. The van der Waals surface area contributed by atoms with Gasteiger partial charge < -0.3 is 10.6 Å². The summed E-state index contributed by atoms with van der Waals surface area (Å²) in [7, 11) is 2.10. The third kappa shape index (κ3) is 2.90. The van der Waals surface area contributed by atoms with Crippen LogP contribution in [0.15, 0.2) is 10.9 Å². The van der Waals surface area contributed by atoms with Gasteiger partial charge in [-0.2, -0.15) is 0 Å². The van der Waals surface area contributed by atoms with E-state index in [4.69, 9.17) is 5.73 Å². The average Bonchev–Trinajstić information content (AvgIpc) is 2.60. The van der Waals surface area contributed by atoms with Crippen LogP contribution < -0.4 is 16.2 Å². The Hall–Kier alpha value is -1.29. The molecule has 4 heteroatoms. The second-order valence-electron chi connectivity index (χ2n) is 6.07. The zero-order chi connectivity index (χ0) is 14.7. The molecule has 1 aromatic rings. The number of anilines is 1. The highest BCUT2D eigenvalue weighted by atomic mass is 16.1. The minimum atomic E-state index is 0.147. The van der Waals surface area contributed by atoms with E-state index in [1.54, 1.807) is 0 Å². The van der Waals surface area contributed by atoms with Gasteiger partial charge in [-0.05, 0) is 49.3 Å². The standard InChI is InChI=1S/C16H27N3O/c1-12(2)14-11-15(20)19-10-5-4-9-18(3)16(19)13(14)7-6-8-17/h11-12H,4-10,17H2,1-3H3. The second-order valence-corrected chi connectivity index (χ2v) is 6.07. The van der Waals surface area contributed by atoms with Crippen LogP contribution in [0.1, 0.15) is 50.2 Å². The summed E-state index contributed by atoms with van der Waals surface area (Å²) >= 11 is 0. The lowest BCUT2D eigenvalue weighted by Gasteiger charge is -2.26. The first-order valence-corrected chi connectivity index (χ1v) is 7.74. The minimum Gasteiger partial charge on any atom is -0.361 e. The maximum Gasteiger partial charge on any atom is 0.252 e. The third-order valence-corrected chi connectivity index (χ3v) is 4.16. The Balaban J connectivity index is 2.62. The number of nitrogens with two attached hydrogens (primary N) is 1. The van der Waals surface area contributed by atoms with E-state index in [1.807, 2.05) is 10.6 Å². The molecular weight excluding hydrogens is 250 g/mol. The fourth-order valence-electron chi connectivity index (χ4n) is 3.12. The molecule has 2 rings (SSSR count). The smallest absolute Gasteiger partial charge is 0.252 e. The van der Waals surface area contributed by atoms with E-state index >= 15 is 0 Å². The molecule has 0 bridgehead atoms. The summed E-state index contributed by atoms with van der Waals surface area (Å²) in [5.74, 6) is 1.50. The number of nitrogens with zero attached hydrogens (tertiary/aromatic N) is 2. The van der Waals surface area contributed by atoms with Gasteiger partial charge in [0.2, 0.25) is 0 Å². The summed E-state index contributed by atoms with van der Waals surface area (Å²) in [6, 6.07) is 1.85. The monoisotopic (exact) mass is 277 g/mol. The van der Waals surface area contributed by atoms with Crippen LogP contribution in [0.2, 0.25) is 0 Å². The van der Waals surface area contributed by atoms with Crippen LogP contribution in [0.3, 0.4) is 0 Å². The molecule has 0 saturated carbocycles. The lowest BCUT2D eigenvalue weighted by molar-refractivity contribution is 0.630. The lowest BCUT2D eigenvalue weighted by Crippen LogP contribution is -2.30. The Morgan fingerprint density at radius 3 is 2.65 bits per heavy atom. The van der Waals surface area contributed by atoms with Crippen LogP contribution in [0.4, 0.5) is 5.82 Å². The van der Waals surface area contributed by atoms with Crippen molar-refractivity contribution in [2.75, 3.05) is 25.0 Å². The molecule has 4 nitrogen and oxygen atoms in total. The Morgan fingerprint density at radius 1 is 1.30 bits per heavy atom. The summed E-state index contributed by atoms with van der Waals surface area (Å²) < 4.78 is 1.96. The van der Waals surface area contributed by atoms with Crippen LogP contribution in [-0.2, 0) is 13.0 Å². The molecule has 0 amide bonds. The number of rotatable bonds is 4. The highest BCUT2D eigenvalue weighted by molar-refractivity contribution is 5.53. The Morgan fingerprint density at radius 2 is 2.00 bits per heavy atom. The maximum absolute atomic E-state index is 12.4. The fraction of sp³-hybridized carbons (Fsp3) is 0.688. The molecule has 2 N–H and O–H groups in total. The molecule has 1 aliphatic rings. The average molecular weight is 277 g/mol. The Labute approximate surface area is 121 Å². The molecule has 0 radical (unpaired) electrons. The Kier molecular flexibility index (Phi) is 4.86. The molecule has 20 heavy (non-hydrogen) atoms. The summed E-state index contributed by atoms with van der Waals surface area (Å²) in [6.07, 6.45) is 4.16. The van der Waals surface area contributed by atoms with E-state index in [0.717, 1.165) is 44.6 Å². The number of fused-ring (bicyclic) bond motifs is 1. The van der Waals surface area contributed by atoms with Gasteiger partial charge >= 0.3 is 0 Å². The van der Waals surface area contributed by atoms with Gasteiger partial charge in [-0.25, -0.2) is 0 Å². The van der Waals surface area contributed by atoms with Gasteiger partial charge in [0, 0.05) is 26.2 Å². The molecule has 0 saturated heterocycles. The van der Waals surface area contributed by atoms with E-state index < -0.39 is 0 Å². The Bertz CT molecular complexity index is 519. The molecule has 2 heterocycles. The van der Waals surface area contributed by atoms with E-state index in [1.165, 1.54) is 11.1 Å². The number of hydrogen-bond acceptors (Lipinski definition) is 3. The van der Waals surface area contributed by atoms with E-state index in [9.17, 15) is 4.79 Å². The van der Waals surface area contributed by atoms with E-state index in [0.29, 0.717) is 12.5 Å². The van der Waals surface area contributed by atoms with Crippen LogP contribution in [0, 0.1) is 0 Å². The molecule has 0 aliphatic carbocycles. The topological polar surface area (TPSA) is 51.3 Å². The molecule has 0 unspecified atom stereocenters. The van der Waals surface area contributed by atoms with Gasteiger partial charge in [-0.3, -0.25) is 9.36 Å². The molecule has 0 fully saturated rings. The maximum atomic E-state index is 12.4. The molecule has 0 spiro atoms. The fourth-order valence-corrected chi connectivity index (χ4v) is 3.12. The zero-order valence-corrected chi connectivity index (χ0v) is 13.0. The van der Waals surface area contributed by atoms with Crippen molar-refractivity contribution in [2.24, 2.45) is 5.73 Å². The highest BCUT2D eigenvalue weighted by Crippen LogP contribution is 2.29. The molecule has 0 aromatic carbocycles. The van der Waals surface area contributed by atoms with Crippen molar-refractivity contribution in [2.45, 2.75) is 52.0 Å². The van der Waals surface area contributed by atoms with Crippen LogP contribution in [0.25, 0.3) is 0 Å². The second kappa shape index (κ2) is 6.44. The quantitative estimate of drug-likeness (QED) is 0.917. The van der Waals surface area contributed by atoms with Crippen molar-refractivity contribution in [1.82, 2.24) is 4.57 Å². The summed E-state index contributed by atoms with van der Waals surface area (Å²) in [5, 5.41) is 0. The van der Waals surface area contributed by atoms with Gasteiger partial charge in [0.1, 0.15) is 5.82 Å². The van der Waals surface area contributed by atoms with Crippen LogP contribution in [0.5, 0.6) is 0 Å². The van der Waals surface area contributed by atoms with E-state index in [-0.39, 0.29) is 5.56 Å². The normalized spacial score (nSPS) is 15.3. The van der Waals surface area contributed by atoms with Crippen LogP contribution >= 0.6 is 0 Å². The number of aromatic nitrogens is 1. The van der Waals surface area contributed by atoms with Crippen molar-refractivity contribution >= 4 is 5.82 Å². The molecule has 1 aromatic heterocycles. The van der Waals surface area contributed by atoms with Crippen molar-refractivity contribution in [3.05, 3.63) is 27.5 Å². The largest absolute Gasteiger partial charge is 0.361 e. The van der Waals surface area contributed by atoms with Crippen molar-refractivity contribution in [3.63, 3.8) is 0 Å². The lowest BCUT2D eigenvalue weighted by atomic mass is 9.94. The van der Waals surface area contributed by atoms with Gasteiger partial charge in [-0.15, -0.1) is 0 Å². The van der Waals surface area contributed by atoms with Gasteiger partial charge in [0.25, 0.3) is 5.56 Å². The summed E-state index contributed by atoms with van der Waals surface area (Å²) in [4.78, 5) is 14.7. The first-order chi connectivity index (χ1) is 9.56. The van der Waals surface area contributed by atoms with E-state index in [2.05, 4.69) is 25.8 Å². The predicted octanol–water partition coefficient (Wildman–Crippen LogP) is 2.09. The third-order valence-electron chi connectivity index (χ3n) is 4.16.